The molecule has 8 aliphatic carbocycles. The van der Waals surface area contributed by atoms with Gasteiger partial charge in [0, 0.05) is 0 Å². The smallest absolute Gasteiger partial charge is 0.00963 e. The first-order valence-corrected chi connectivity index (χ1v) is 15.9. The van der Waals surface area contributed by atoms with Gasteiger partial charge in [-0.05, 0) is 162 Å². The molecular weight excluding hydrogens is 456 g/mol. The molecule has 206 valence electrons. The minimum absolute atomic E-state index is 0.348. The van der Waals surface area contributed by atoms with Crippen LogP contribution in [0.5, 0.6) is 0 Å². The highest BCUT2D eigenvalue weighted by molar-refractivity contribution is 5.36. The van der Waals surface area contributed by atoms with Crippen LogP contribution in [0.2, 0.25) is 0 Å². The predicted octanol–water partition coefficient (Wildman–Crippen LogP) is 11.1. The molecule has 0 spiro atoms. The van der Waals surface area contributed by atoms with Gasteiger partial charge in [0.05, 0.1) is 0 Å². The molecule has 0 heterocycles. The lowest BCUT2D eigenvalue weighted by Gasteiger charge is -2.79. The summed E-state index contributed by atoms with van der Waals surface area (Å²) in [6, 6.07) is 0. The summed E-state index contributed by atoms with van der Waals surface area (Å²) in [5.41, 5.74) is 2.91. The van der Waals surface area contributed by atoms with Gasteiger partial charge in [-0.1, -0.05) is 72.9 Å². The van der Waals surface area contributed by atoms with Crippen LogP contribution in [0.3, 0.4) is 0 Å². The van der Waals surface area contributed by atoms with Crippen LogP contribution in [-0.4, -0.2) is 0 Å². The van der Waals surface area contributed by atoms with Gasteiger partial charge in [-0.2, -0.15) is 0 Å². The zero-order chi connectivity index (χ0) is 27.0. The third kappa shape index (κ3) is 3.60. The van der Waals surface area contributed by atoms with Crippen molar-refractivity contribution in [2.45, 2.75) is 119 Å². The molecule has 8 aliphatic rings. The Bertz CT molecular complexity index is 888. The quantitative estimate of drug-likeness (QED) is 0.299. The highest BCUT2D eigenvalue weighted by atomic mass is 14.8. The van der Waals surface area contributed by atoms with E-state index in [1.54, 1.807) is 0 Å². The summed E-state index contributed by atoms with van der Waals surface area (Å²) >= 11 is 0. The summed E-state index contributed by atoms with van der Waals surface area (Å²) in [7, 11) is 0. The van der Waals surface area contributed by atoms with Crippen molar-refractivity contribution < 1.29 is 0 Å². The summed E-state index contributed by atoms with van der Waals surface area (Å²) in [5.74, 6) is 0. The Balaban J connectivity index is 1.60. The van der Waals surface area contributed by atoms with Crippen molar-refractivity contribution >= 4 is 0 Å². The molecule has 8 saturated carbocycles. The highest BCUT2D eigenvalue weighted by Crippen LogP contribution is 2.86. The summed E-state index contributed by atoms with van der Waals surface area (Å²) < 4.78 is 0. The zero-order valence-corrected chi connectivity index (χ0v) is 25.4. The average Bonchev–Trinajstić information content (AvgIpc) is 2.77. The fourth-order valence-corrected chi connectivity index (χ4v) is 14.1. The van der Waals surface area contributed by atoms with Crippen molar-refractivity contribution in [1.82, 2.24) is 0 Å². The van der Waals surface area contributed by atoms with E-state index >= 15 is 0 Å². The first kappa shape index (κ1) is 26.7. The van der Waals surface area contributed by atoms with Gasteiger partial charge in [0.1, 0.15) is 0 Å². The molecular formula is C38H54. The molecule has 0 atom stereocenters. The molecule has 8 rings (SSSR count). The van der Waals surface area contributed by atoms with E-state index in [2.05, 4.69) is 114 Å². The van der Waals surface area contributed by atoms with Gasteiger partial charge >= 0.3 is 0 Å². The molecule has 0 aliphatic heterocycles. The van der Waals surface area contributed by atoms with Crippen LogP contribution in [0, 0.1) is 43.3 Å². The SMILES string of the molecule is C/C=C\C12CC3(/C=C\C)CC(/C=C\C)(C1)CC(C14CC5(/C=C\C)CC(/C=C\C)(CC(/C=C\C)(C5)C1)C4)(C2)C3. The number of allylic oxidation sites excluding steroid dienone is 12. The van der Waals surface area contributed by atoms with Gasteiger partial charge in [0.2, 0.25) is 0 Å². The summed E-state index contributed by atoms with van der Waals surface area (Å²) in [5, 5.41) is 0. The normalized spacial score (nSPS) is 53.5. The second-order valence-corrected chi connectivity index (χ2v) is 15.9. The van der Waals surface area contributed by atoms with Crippen molar-refractivity contribution in [3.8, 4) is 0 Å². The topological polar surface area (TPSA) is 0 Å². The molecule has 0 nitrogen and oxygen atoms in total. The van der Waals surface area contributed by atoms with Gasteiger partial charge in [0.25, 0.3) is 0 Å². The lowest BCUT2D eigenvalue weighted by molar-refractivity contribution is -0.269. The van der Waals surface area contributed by atoms with Gasteiger partial charge < -0.3 is 0 Å². The van der Waals surface area contributed by atoms with Crippen LogP contribution in [0.25, 0.3) is 0 Å². The third-order valence-electron chi connectivity index (χ3n) is 12.6. The van der Waals surface area contributed by atoms with Crippen molar-refractivity contribution in [2.24, 2.45) is 43.3 Å². The fourth-order valence-electron chi connectivity index (χ4n) is 14.1. The lowest BCUT2D eigenvalue weighted by atomic mass is 9.24. The largest absolute Gasteiger partial charge is 0.0911 e. The van der Waals surface area contributed by atoms with E-state index in [9.17, 15) is 0 Å². The van der Waals surface area contributed by atoms with Gasteiger partial charge in [-0.15, -0.1) is 0 Å². The van der Waals surface area contributed by atoms with Crippen molar-refractivity contribution in [2.75, 3.05) is 0 Å². The summed E-state index contributed by atoms with van der Waals surface area (Å²) in [6.45, 7) is 13.7. The minimum atomic E-state index is 0.348. The van der Waals surface area contributed by atoms with Crippen LogP contribution >= 0.6 is 0 Å². The van der Waals surface area contributed by atoms with E-state index < -0.39 is 0 Å². The molecule has 0 N–H and O–H groups in total. The monoisotopic (exact) mass is 510 g/mol. The van der Waals surface area contributed by atoms with Crippen molar-refractivity contribution in [3.63, 3.8) is 0 Å². The number of hydrogen-bond donors (Lipinski definition) is 0. The fraction of sp³-hybridized carbons (Fsp3) is 0.684. The molecule has 0 aromatic carbocycles. The maximum Gasteiger partial charge on any atom is -0.00963 e. The first-order chi connectivity index (χ1) is 18.1. The standard InChI is InChI=1S/C38H54/c1-7-13-31-19-32(14-8-2)21-33(20-31,15-9-3)27-37(25-31,26-32)38-28-34(16-10-4)22-35(29-38,17-11-5)24-36(23-34,30-38)18-12-6/h7-18H,19-30H2,1-6H3/b13-7-,14-8-,15-9-,16-10-,17-11-,18-12-. The Morgan fingerprint density at radius 2 is 0.421 bits per heavy atom. The van der Waals surface area contributed by atoms with Crippen LogP contribution in [0.15, 0.2) is 72.9 Å². The zero-order valence-electron chi connectivity index (χ0n) is 25.4. The summed E-state index contributed by atoms with van der Waals surface area (Å²) in [6.07, 6.45) is 47.4. The molecule has 8 fully saturated rings. The lowest BCUT2D eigenvalue weighted by Crippen LogP contribution is -2.70. The third-order valence-corrected chi connectivity index (χ3v) is 12.6. The molecule has 0 amide bonds. The number of rotatable bonds is 7. The van der Waals surface area contributed by atoms with Crippen molar-refractivity contribution in [1.29, 1.82) is 0 Å². The Labute approximate surface area is 234 Å². The van der Waals surface area contributed by atoms with Gasteiger partial charge in [-0.3, -0.25) is 0 Å². The molecule has 0 unspecified atom stereocenters. The van der Waals surface area contributed by atoms with E-state index in [1.165, 1.54) is 77.0 Å². The van der Waals surface area contributed by atoms with Gasteiger partial charge in [0.15, 0.2) is 0 Å². The molecule has 0 aromatic heterocycles. The summed E-state index contributed by atoms with van der Waals surface area (Å²) in [4.78, 5) is 0. The van der Waals surface area contributed by atoms with Crippen LogP contribution in [0.4, 0.5) is 0 Å². The second-order valence-electron chi connectivity index (χ2n) is 15.9. The molecule has 38 heavy (non-hydrogen) atoms. The maximum absolute atomic E-state index is 2.70. The predicted molar refractivity (Wildman–Crippen MR) is 164 cm³/mol. The molecule has 0 saturated heterocycles. The molecule has 0 radical (unpaired) electrons. The van der Waals surface area contributed by atoms with Gasteiger partial charge in [-0.25, -0.2) is 0 Å². The Morgan fingerprint density at radius 1 is 0.263 bits per heavy atom. The van der Waals surface area contributed by atoms with E-state index in [1.807, 2.05) is 0 Å². The van der Waals surface area contributed by atoms with Crippen molar-refractivity contribution in [3.05, 3.63) is 72.9 Å². The molecule has 0 heteroatoms. The van der Waals surface area contributed by atoms with E-state index in [4.69, 9.17) is 0 Å². The Kier molecular flexibility index (Phi) is 5.94. The molecule has 0 aromatic rings. The average molecular weight is 511 g/mol. The van der Waals surface area contributed by atoms with E-state index in [0.29, 0.717) is 43.3 Å². The van der Waals surface area contributed by atoms with Crippen LogP contribution < -0.4 is 0 Å². The Morgan fingerprint density at radius 3 is 0.553 bits per heavy atom. The molecule has 8 bridgehead atoms. The van der Waals surface area contributed by atoms with Crippen LogP contribution in [0.1, 0.15) is 119 Å². The highest BCUT2D eigenvalue weighted by Gasteiger charge is 2.76. The second kappa shape index (κ2) is 8.47. The first-order valence-electron chi connectivity index (χ1n) is 15.9. The number of hydrogen-bond acceptors (Lipinski definition) is 0. The maximum atomic E-state index is 2.70. The van der Waals surface area contributed by atoms with Crippen LogP contribution in [-0.2, 0) is 0 Å². The minimum Gasteiger partial charge on any atom is -0.0911 e. The van der Waals surface area contributed by atoms with E-state index in [0.717, 1.165) is 0 Å². The Hall–Kier alpha value is -1.56. The van der Waals surface area contributed by atoms with E-state index in [-0.39, 0.29) is 0 Å².